The topological polar surface area (TPSA) is 121 Å². The number of fused-ring (bicyclic) bond motifs is 1. The summed E-state index contributed by atoms with van der Waals surface area (Å²) in [6, 6.07) is -0.861. The quantitative estimate of drug-likeness (QED) is 0.490. The average Bonchev–Trinajstić information content (AvgIpc) is 3.56. The second-order valence-corrected chi connectivity index (χ2v) is 12.3. The minimum absolute atomic E-state index is 0.0140. The highest BCUT2D eigenvalue weighted by atomic mass is 16.5. The van der Waals surface area contributed by atoms with Gasteiger partial charge in [-0.2, -0.15) is 0 Å². The third-order valence-electron chi connectivity index (χ3n) is 8.79. The molecule has 0 aromatic rings. The fourth-order valence-corrected chi connectivity index (χ4v) is 6.38. The number of aliphatic hydroxyl groups is 1. The third-order valence-corrected chi connectivity index (χ3v) is 8.79. The normalized spacial score (nSPS) is 37.1. The number of amides is 1. The van der Waals surface area contributed by atoms with E-state index in [1.54, 1.807) is 0 Å². The number of β-amino-alcohol motifs (C(OH)–C–C–N with tert-alkyl or cyclic N) is 1. The number of hydrogen-bond acceptors (Lipinski definition) is 6. The SMILES string of the molecule is CC[C@@H]1C[C@]1(CC(=O)[C@@H]1CC(O)CN1C(=O)[C@@H](CC(=O)OC1CC2C[C@H]2C1)C(C)(C)C)C(=O)O. The van der Waals surface area contributed by atoms with E-state index < -0.39 is 40.8 Å². The molecule has 8 heteroatoms. The molecule has 8 atom stereocenters. The lowest BCUT2D eigenvalue weighted by atomic mass is 9.77. The standard InChI is InChI=1S/C26H39NO7/c1-5-16-11-26(16,24(32)33)12-21(29)20-9-17(28)13-27(20)23(31)19(25(2,3)4)10-22(30)34-18-7-14-6-15(14)8-18/h14-20,28H,5-13H2,1-4H3,(H,32,33)/t14-,15?,16+,17?,18?,19+,20-,26+/m0/s1. The number of carboxylic acid groups (broad SMARTS) is 1. The number of carboxylic acids is 1. The molecule has 3 unspecified atom stereocenters. The van der Waals surface area contributed by atoms with E-state index in [2.05, 4.69) is 0 Å². The Labute approximate surface area is 201 Å². The lowest BCUT2D eigenvalue weighted by molar-refractivity contribution is -0.157. The van der Waals surface area contributed by atoms with Gasteiger partial charge in [-0.1, -0.05) is 34.1 Å². The molecule has 1 amide bonds. The summed E-state index contributed by atoms with van der Waals surface area (Å²) in [6.45, 7) is 7.57. The maximum absolute atomic E-state index is 13.7. The Morgan fingerprint density at radius 1 is 1.09 bits per heavy atom. The number of aliphatic carboxylic acids is 1. The van der Waals surface area contributed by atoms with Crippen molar-refractivity contribution < 1.29 is 34.1 Å². The molecule has 4 fully saturated rings. The van der Waals surface area contributed by atoms with Crippen LogP contribution in [0.2, 0.25) is 0 Å². The summed E-state index contributed by atoms with van der Waals surface area (Å²) in [6.07, 6.45) is 3.18. The molecule has 0 spiro atoms. The minimum atomic E-state index is -1.05. The van der Waals surface area contributed by atoms with Crippen LogP contribution < -0.4 is 0 Å². The highest BCUT2D eigenvalue weighted by Gasteiger charge is 2.61. The van der Waals surface area contributed by atoms with Crippen molar-refractivity contribution in [2.75, 3.05) is 6.54 Å². The lowest BCUT2D eigenvalue weighted by Crippen LogP contribution is -2.48. The van der Waals surface area contributed by atoms with Crippen LogP contribution in [0.25, 0.3) is 0 Å². The highest BCUT2D eigenvalue weighted by Crippen LogP contribution is 2.57. The van der Waals surface area contributed by atoms with Crippen molar-refractivity contribution in [2.45, 2.75) is 97.3 Å². The predicted molar refractivity (Wildman–Crippen MR) is 122 cm³/mol. The molecule has 2 N–H and O–H groups in total. The minimum Gasteiger partial charge on any atom is -0.481 e. The van der Waals surface area contributed by atoms with Gasteiger partial charge in [-0.05, 0) is 48.9 Å². The Balaban J connectivity index is 1.44. The molecule has 0 aromatic heterocycles. The number of carbonyl (C=O) groups excluding carboxylic acids is 3. The van der Waals surface area contributed by atoms with E-state index in [0.717, 1.165) is 12.8 Å². The van der Waals surface area contributed by atoms with Gasteiger partial charge in [0.1, 0.15) is 6.10 Å². The van der Waals surface area contributed by atoms with Crippen LogP contribution in [-0.2, 0) is 23.9 Å². The maximum atomic E-state index is 13.7. The first-order valence-corrected chi connectivity index (χ1v) is 12.8. The van der Waals surface area contributed by atoms with Crippen molar-refractivity contribution in [3.8, 4) is 0 Å². The molecule has 4 aliphatic rings. The van der Waals surface area contributed by atoms with Crippen molar-refractivity contribution in [1.82, 2.24) is 4.90 Å². The van der Waals surface area contributed by atoms with Gasteiger partial charge >= 0.3 is 11.9 Å². The van der Waals surface area contributed by atoms with Crippen molar-refractivity contribution in [3.05, 3.63) is 0 Å². The second kappa shape index (κ2) is 8.92. The van der Waals surface area contributed by atoms with Gasteiger partial charge in [0.05, 0.1) is 29.9 Å². The van der Waals surface area contributed by atoms with E-state index in [4.69, 9.17) is 4.74 Å². The fraction of sp³-hybridized carbons (Fsp3) is 0.846. The van der Waals surface area contributed by atoms with Crippen LogP contribution >= 0.6 is 0 Å². The van der Waals surface area contributed by atoms with Gasteiger partial charge in [0.25, 0.3) is 0 Å². The zero-order chi connectivity index (χ0) is 25.0. The van der Waals surface area contributed by atoms with E-state index in [1.807, 2.05) is 27.7 Å². The van der Waals surface area contributed by atoms with Crippen LogP contribution in [0, 0.1) is 34.5 Å². The van der Waals surface area contributed by atoms with E-state index in [1.165, 1.54) is 11.3 Å². The van der Waals surface area contributed by atoms with Crippen LogP contribution in [0.15, 0.2) is 0 Å². The number of esters is 1. The van der Waals surface area contributed by atoms with Crippen molar-refractivity contribution in [1.29, 1.82) is 0 Å². The first kappa shape index (κ1) is 25.1. The smallest absolute Gasteiger partial charge is 0.310 e. The van der Waals surface area contributed by atoms with Gasteiger partial charge < -0.3 is 19.8 Å². The lowest BCUT2D eigenvalue weighted by Gasteiger charge is -2.35. The number of likely N-dealkylation sites (tertiary alicyclic amines) is 1. The summed E-state index contributed by atoms with van der Waals surface area (Å²) in [5.41, 5.74) is -1.61. The zero-order valence-electron chi connectivity index (χ0n) is 20.8. The Morgan fingerprint density at radius 2 is 1.74 bits per heavy atom. The molecule has 1 aliphatic heterocycles. The van der Waals surface area contributed by atoms with Gasteiger partial charge in [0.15, 0.2) is 5.78 Å². The molecule has 0 bridgehead atoms. The molecule has 34 heavy (non-hydrogen) atoms. The molecular formula is C26H39NO7. The highest BCUT2D eigenvalue weighted by molar-refractivity contribution is 5.95. The maximum Gasteiger partial charge on any atom is 0.310 e. The van der Waals surface area contributed by atoms with Gasteiger partial charge in [0.2, 0.25) is 5.91 Å². The van der Waals surface area contributed by atoms with Crippen molar-refractivity contribution in [2.24, 2.45) is 34.5 Å². The van der Waals surface area contributed by atoms with Gasteiger partial charge in [-0.25, -0.2) is 0 Å². The first-order valence-electron chi connectivity index (χ1n) is 12.8. The summed E-state index contributed by atoms with van der Waals surface area (Å²) in [5, 5.41) is 20.0. The Morgan fingerprint density at radius 3 is 2.26 bits per heavy atom. The summed E-state index contributed by atoms with van der Waals surface area (Å²) in [5.74, 6) is -1.39. The van der Waals surface area contributed by atoms with Gasteiger partial charge in [-0.3, -0.25) is 19.2 Å². The molecule has 1 saturated heterocycles. The molecule has 190 valence electrons. The number of hydrogen-bond donors (Lipinski definition) is 2. The zero-order valence-corrected chi connectivity index (χ0v) is 20.8. The van der Waals surface area contributed by atoms with Crippen LogP contribution in [0.5, 0.6) is 0 Å². The molecule has 0 radical (unpaired) electrons. The van der Waals surface area contributed by atoms with E-state index in [9.17, 15) is 29.4 Å². The summed E-state index contributed by atoms with van der Waals surface area (Å²) in [7, 11) is 0. The number of Topliss-reactive ketones (excluding diaryl/α,β-unsaturated/α-hetero) is 1. The second-order valence-electron chi connectivity index (χ2n) is 12.3. The van der Waals surface area contributed by atoms with Crippen molar-refractivity contribution >= 4 is 23.6 Å². The molecule has 3 aliphatic carbocycles. The summed E-state index contributed by atoms with van der Waals surface area (Å²) < 4.78 is 5.68. The molecule has 3 saturated carbocycles. The number of nitrogens with zero attached hydrogens (tertiary/aromatic N) is 1. The monoisotopic (exact) mass is 477 g/mol. The van der Waals surface area contributed by atoms with Crippen LogP contribution in [0.1, 0.15) is 79.1 Å². The number of ketones is 1. The summed E-state index contributed by atoms with van der Waals surface area (Å²) >= 11 is 0. The average molecular weight is 478 g/mol. The number of carbonyl (C=O) groups is 4. The number of ether oxygens (including phenoxy) is 1. The van der Waals surface area contributed by atoms with E-state index >= 15 is 0 Å². The third kappa shape index (κ3) is 4.88. The van der Waals surface area contributed by atoms with Gasteiger partial charge in [0, 0.05) is 19.4 Å². The molecule has 4 rings (SSSR count). The van der Waals surface area contributed by atoms with E-state index in [0.29, 0.717) is 24.7 Å². The largest absolute Gasteiger partial charge is 0.481 e. The molecule has 0 aromatic carbocycles. The molecule has 8 nitrogen and oxygen atoms in total. The molecular weight excluding hydrogens is 438 g/mol. The fourth-order valence-electron chi connectivity index (χ4n) is 6.38. The van der Waals surface area contributed by atoms with Crippen LogP contribution in [0.3, 0.4) is 0 Å². The number of aliphatic hydroxyl groups excluding tert-OH is 1. The number of rotatable bonds is 9. The first-order chi connectivity index (χ1) is 15.9. The Kier molecular flexibility index (Phi) is 6.60. The van der Waals surface area contributed by atoms with Crippen LogP contribution in [-0.4, -0.2) is 63.5 Å². The Bertz CT molecular complexity index is 854. The molecule has 1 heterocycles. The van der Waals surface area contributed by atoms with Gasteiger partial charge in [-0.15, -0.1) is 0 Å². The predicted octanol–water partition coefficient (Wildman–Crippen LogP) is 2.80. The van der Waals surface area contributed by atoms with E-state index in [-0.39, 0.29) is 49.5 Å². The Hall–Kier alpha value is -1.96. The van der Waals surface area contributed by atoms with Crippen molar-refractivity contribution in [3.63, 3.8) is 0 Å². The summed E-state index contributed by atoms with van der Waals surface area (Å²) in [4.78, 5) is 52.9. The van der Waals surface area contributed by atoms with Crippen LogP contribution in [0.4, 0.5) is 0 Å².